The molecule has 0 spiro atoms. The van der Waals surface area contributed by atoms with Crippen LogP contribution in [0, 0.1) is 0 Å². The van der Waals surface area contributed by atoms with Crippen LogP contribution in [-0.2, 0) is 4.74 Å². The van der Waals surface area contributed by atoms with Gasteiger partial charge in [0.25, 0.3) is 5.91 Å². The lowest BCUT2D eigenvalue weighted by atomic mass is 10.1. The second-order valence-corrected chi connectivity index (χ2v) is 4.86. The summed E-state index contributed by atoms with van der Waals surface area (Å²) in [6.45, 7) is 0.263. The molecule has 0 bridgehead atoms. The first-order valence-electron chi connectivity index (χ1n) is 7.29. The molecule has 0 saturated heterocycles. The summed E-state index contributed by atoms with van der Waals surface area (Å²) in [5.41, 5.74) is 0.388. The molecule has 0 aliphatic carbocycles. The Morgan fingerprint density at radius 3 is 2.25 bits per heavy atom. The molecule has 0 saturated carbocycles. The van der Waals surface area contributed by atoms with Gasteiger partial charge in [0.1, 0.15) is 11.9 Å². The van der Waals surface area contributed by atoms with E-state index in [4.69, 9.17) is 23.4 Å². The molecule has 1 unspecified atom stereocenters. The molecule has 2 aromatic rings. The Hall–Kier alpha value is -2.67. The Morgan fingerprint density at radius 1 is 1.12 bits per heavy atom. The molecule has 1 N–H and O–H groups in total. The van der Waals surface area contributed by atoms with E-state index in [1.807, 2.05) is 0 Å². The average molecular weight is 335 g/mol. The average Bonchev–Trinajstić information content (AvgIpc) is 3.15. The molecule has 1 heterocycles. The lowest BCUT2D eigenvalue weighted by Gasteiger charge is -2.16. The topological polar surface area (TPSA) is 79.2 Å². The predicted molar refractivity (Wildman–Crippen MR) is 86.9 cm³/mol. The highest BCUT2D eigenvalue weighted by atomic mass is 16.5. The molecular formula is C17H21NO6. The minimum absolute atomic E-state index is 0.263. The van der Waals surface area contributed by atoms with Crippen LogP contribution in [0.4, 0.5) is 0 Å². The van der Waals surface area contributed by atoms with E-state index in [1.165, 1.54) is 21.3 Å². The number of carbonyl (C=O) groups is 1. The van der Waals surface area contributed by atoms with Crippen LogP contribution in [0.1, 0.15) is 22.2 Å². The van der Waals surface area contributed by atoms with Crippen molar-refractivity contribution in [3.05, 3.63) is 41.9 Å². The van der Waals surface area contributed by atoms with Crippen LogP contribution >= 0.6 is 0 Å². The number of ether oxygens (including phenoxy) is 4. The van der Waals surface area contributed by atoms with E-state index in [0.717, 1.165) is 0 Å². The predicted octanol–water partition coefficient (Wildman–Crippen LogP) is 2.42. The SMILES string of the molecule is COc1cc(C(=O)NCC(OC)c2ccco2)cc(OC)c1OC. The van der Waals surface area contributed by atoms with Gasteiger partial charge < -0.3 is 28.7 Å². The van der Waals surface area contributed by atoms with Crippen molar-refractivity contribution < 1.29 is 28.2 Å². The summed E-state index contributed by atoms with van der Waals surface area (Å²) >= 11 is 0. The van der Waals surface area contributed by atoms with E-state index in [1.54, 1.807) is 37.6 Å². The van der Waals surface area contributed by atoms with Crippen LogP contribution in [0.5, 0.6) is 17.2 Å². The number of rotatable bonds is 8. The van der Waals surface area contributed by atoms with Gasteiger partial charge in [0, 0.05) is 12.7 Å². The summed E-state index contributed by atoms with van der Waals surface area (Å²) < 4.78 is 26.4. The summed E-state index contributed by atoms with van der Waals surface area (Å²) in [4.78, 5) is 12.4. The maximum absolute atomic E-state index is 12.4. The van der Waals surface area contributed by atoms with Gasteiger partial charge in [0.2, 0.25) is 5.75 Å². The minimum atomic E-state index is -0.369. The van der Waals surface area contributed by atoms with Gasteiger partial charge in [-0.15, -0.1) is 0 Å². The van der Waals surface area contributed by atoms with Crippen LogP contribution in [0.15, 0.2) is 34.9 Å². The smallest absolute Gasteiger partial charge is 0.251 e. The van der Waals surface area contributed by atoms with Crippen LogP contribution in [0.25, 0.3) is 0 Å². The number of amides is 1. The molecule has 1 aromatic carbocycles. The first-order chi connectivity index (χ1) is 11.6. The van der Waals surface area contributed by atoms with Crippen molar-refractivity contribution in [2.75, 3.05) is 35.0 Å². The zero-order valence-corrected chi connectivity index (χ0v) is 14.1. The number of nitrogens with one attached hydrogen (secondary N) is 1. The third-order valence-electron chi connectivity index (χ3n) is 3.52. The third-order valence-corrected chi connectivity index (χ3v) is 3.52. The lowest BCUT2D eigenvalue weighted by Crippen LogP contribution is -2.29. The van der Waals surface area contributed by atoms with Crippen LogP contribution < -0.4 is 19.5 Å². The van der Waals surface area contributed by atoms with Crippen LogP contribution in [0.3, 0.4) is 0 Å². The number of methoxy groups -OCH3 is 4. The summed E-state index contributed by atoms with van der Waals surface area (Å²) in [5.74, 6) is 1.61. The molecule has 0 fully saturated rings. The molecule has 0 radical (unpaired) electrons. The number of furan rings is 1. The molecule has 0 aliphatic heterocycles. The summed E-state index contributed by atoms with van der Waals surface area (Å²) in [7, 11) is 6.05. The van der Waals surface area contributed by atoms with Crippen LogP contribution in [0.2, 0.25) is 0 Å². The largest absolute Gasteiger partial charge is 0.493 e. The van der Waals surface area contributed by atoms with Gasteiger partial charge in [-0.25, -0.2) is 0 Å². The minimum Gasteiger partial charge on any atom is -0.493 e. The monoisotopic (exact) mass is 335 g/mol. The van der Waals surface area contributed by atoms with Crippen LogP contribution in [-0.4, -0.2) is 40.9 Å². The molecule has 24 heavy (non-hydrogen) atoms. The first-order valence-corrected chi connectivity index (χ1v) is 7.29. The lowest BCUT2D eigenvalue weighted by molar-refractivity contribution is 0.0738. The third kappa shape index (κ3) is 3.80. The fourth-order valence-corrected chi connectivity index (χ4v) is 2.27. The van der Waals surface area contributed by atoms with E-state index in [0.29, 0.717) is 28.6 Å². The maximum Gasteiger partial charge on any atom is 0.251 e. The Morgan fingerprint density at radius 2 is 1.79 bits per heavy atom. The van der Waals surface area contributed by atoms with E-state index >= 15 is 0 Å². The standard InChI is InChI=1S/C17H21NO6/c1-20-13-8-11(9-14(21-2)16(13)23-4)17(19)18-10-15(22-3)12-6-5-7-24-12/h5-9,15H,10H2,1-4H3,(H,18,19). The number of hydrogen-bond acceptors (Lipinski definition) is 6. The number of hydrogen-bond donors (Lipinski definition) is 1. The Balaban J connectivity index is 2.14. The van der Waals surface area contributed by atoms with Gasteiger partial charge in [-0.3, -0.25) is 4.79 Å². The van der Waals surface area contributed by atoms with Crippen molar-refractivity contribution >= 4 is 5.91 Å². The molecule has 2 rings (SSSR count). The Bertz CT molecular complexity index is 643. The van der Waals surface area contributed by atoms with Gasteiger partial charge in [0.15, 0.2) is 11.5 Å². The van der Waals surface area contributed by atoms with E-state index in [-0.39, 0.29) is 18.6 Å². The van der Waals surface area contributed by atoms with Crippen molar-refractivity contribution in [2.24, 2.45) is 0 Å². The molecule has 1 atom stereocenters. The quantitative estimate of drug-likeness (QED) is 0.798. The molecule has 130 valence electrons. The second-order valence-electron chi connectivity index (χ2n) is 4.86. The molecular weight excluding hydrogens is 314 g/mol. The highest BCUT2D eigenvalue weighted by Crippen LogP contribution is 2.38. The highest BCUT2D eigenvalue weighted by Gasteiger charge is 2.19. The Labute approximate surface area is 140 Å². The van der Waals surface area contributed by atoms with Gasteiger partial charge in [-0.05, 0) is 24.3 Å². The van der Waals surface area contributed by atoms with E-state index in [2.05, 4.69) is 5.32 Å². The zero-order chi connectivity index (χ0) is 17.5. The zero-order valence-electron chi connectivity index (χ0n) is 14.1. The van der Waals surface area contributed by atoms with Gasteiger partial charge in [-0.2, -0.15) is 0 Å². The van der Waals surface area contributed by atoms with Crippen molar-refractivity contribution in [3.8, 4) is 17.2 Å². The van der Waals surface area contributed by atoms with Crippen molar-refractivity contribution in [3.63, 3.8) is 0 Å². The molecule has 1 amide bonds. The van der Waals surface area contributed by atoms with Gasteiger partial charge >= 0.3 is 0 Å². The van der Waals surface area contributed by atoms with Crippen molar-refractivity contribution in [2.45, 2.75) is 6.10 Å². The number of benzene rings is 1. The second kappa shape index (κ2) is 8.26. The van der Waals surface area contributed by atoms with Gasteiger partial charge in [0.05, 0.1) is 34.1 Å². The maximum atomic E-state index is 12.4. The van der Waals surface area contributed by atoms with Crippen molar-refractivity contribution in [1.82, 2.24) is 5.32 Å². The summed E-state index contributed by atoms with van der Waals surface area (Å²) in [6.07, 6.45) is 1.19. The fourth-order valence-electron chi connectivity index (χ4n) is 2.27. The first kappa shape index (κ1) is 17.7. The summed E-state index contributed by atoms with van der Waals surface area (Å²) in [6, 6.07) is 6.74. The fraction of sp³-hybridized carbons (Fsp3) is 0.353. The van der Waals surface area contributed by atoms with Gasteiger partial charge in [-0.1, -0.05) is 0 Å². The summed E-state index contributed by atoms with van der Waals surface area (Å²) in [5, 5.41) is 2.80. The highest BCUT2D eigenvalue weighted by molar-refractivity contribution is 5.95. The normalized spacial score (nSPS) is 11.7. The number of carbonyl (C=O) groups excluding carboxylic acids is 1. The van der Waals surface area contributed by atoms with E-state index < -0.39 is 0 Å². The molecule has 1 aromatic heterocycles. The molecule has 0 aliphatic rings. The van der Waals surface area contributed by atoms with E-state index in [9.17, 15) is 4.79 Å². The van der Waals surface area contributed by atoms with Crippen molar-refractivity contribution in [1.29, 1.82) is 0 Å². The molecule has 7 heteroatoms. The Kier molecular flexibility index (Phi) is 6.08. The molecule has 7 nitrogen and oxygen atoms in total.